The standard InChI is InChI=1S/C22H23N5OS/c1-15-16(2)29-22-20(15)21(24-19(25-22)13-26-8-10-28-11-9-26)27-12-18(23-14-27)17-6-4-3-5-7-17/h3-7,12,14H,8-11,13H2,1-2H3. The number of aryl methyl sites for hydroxylation is 2. The van der Waals surface area contributed by atoms with Crippen LogP contribution in [0.25, 0.3) is 27.3 Å². The third-order valence-corrected chi connectivity index (χ3v) is 6.52. The maximum atomic E-state index is 5.47. The zero-order chi connectivity index (χ0) is 19.8. The molecule has 7 heteroatoms. The highest BCUT2D eigenvalue weighted by atomic mass is 32.1. The van der Waals surface area contributed by atoms with E-state index in [2.05, 4.69) is 42.1 Å². The summed E-state index contributed by atoms with van der Waals surface area (Å²) < 4.78 is 7.51. The number of aromatic nitrogens is 4. The zero-order valence-electron chi connectivity index (χ0n) is 16.6. The number of fused-ring (bicyclic) bond motifs is 1. The van der Waals surface area contributed by atoms with Gasteiger partial charge >= 0.3 is 0 Å². The summed E-state index contributed by atoms with van der Waals surface area (Å²) in [6.45, 7) is 8.42. The van der Waals surface area contributed by atoms with E-state index in [0.717, 1.165) is 66.0 Å². The largest absolute Gasteiger partial charge is 0.379 e. The molecular weight excluding hydrogens is 382 g/mol. The minimum absolute atomic E-state index is 0.739. The molecule has 148 valence electrons. The van der Waals surface area contributed by atoms with Crippen molar-refractivity contribution < 1.29 is 4.74 Å². The van der Waals surface area contributed by atoms with Gasteiger partial charge in [0.15, 0.2) is 5.82 Å². The van der Waals surface area contributed by atoms with Gasteiger partial charge in [0, 0.05) is 29.7 Å². The van der Waals surface area contributed by atoms with Crippen LogP contribution in [0, 0.1) is 13.8 Å². The number of rotatable bonds is 4. The first-order valence-corrected chi connectivity index (χ1v) is 10.7. The summed E-state index contributed by atoms with van der Waals surface area (Å²) in [7, 11) is 0. The SMILES string of the molecule is Cc1sc2nc(CN3CCOCC3)nc(-n3cnc(-c4ccccc4)c3)c2c1C. The van der Waals surface area contributed by atoms with E-state index in [4.69, 9.17) is 14.7 Å². The highest BCUT2D eigenvalue weighted by molar-refractivity contribution is 7.18. The van der Waals surface area contributed by atoms with Gasteiger partial charge in [-0.05, 0) is 19.4 Å². The lowest BCUT2D eigenvalue weighted by molar-refractivity contribution is 0.0331. The van der Waals surface area contributed by atoms with Crippen molar-refractivity contribution in [3.8, 4) is 17.1 Å². The van der Waals surface area contributed by atoms with Gasteiger partial charge in [-0.3, -0.25) is 9.47 Å². The summed E-state index contributed by atoms with van der Waals surface area (Å²) >= 11 is 1.74. The van der Waals surface area contributed by atoms with Gasteiger partial charge in [0.05, 0.1) is 30.8 Å². The van der Waals surface area contributed by atoms with Gasteiger partial charge < -0.3 is 4.74 Å². The first-order chi connectivity index (χ1) is 14.2. The second-order valence-electron chi connectivity index (χ2n) is 7.35. The smallest absolute Gasteiger partial charge is 0.150 e. The number of hydrogen-bond donors (Lipinski definition) is 0. The first-order valence-electron chi connectivity index (χ1n) is 9.85. The fourth-order valence-electron chi connectivity index (χ4n) is 3.68. The Morgan fingerprint density at radius 2 is 1.86 bits per heavy atom. The molecule has 0 aliphatic carbocycles. The van der Waals surface area contributed by atoms with E-state index in [1.165, 1.54) is 10.4 Å². The van der Waals surface area contributed by atoms with E-state index in [0.29, 0.717) is 0 Å². The lowest BCUT2D eigenvalue weighted by Crippen LogP contribution is -2.36. The molecule has 1 aromatic carbocycles. The number of ether oxygens (including phenoxy) is 1. The number of hydrogen-bond acceptors (Lipinski definition) is 6. The summed E-state index contributed by atoms with van der Waals surface area (Å²) in [6, 6.07) is 10.2. The summed E-state index contributed by atoms with van der Waals surface area (Å²) in [4.78, 5) is 19.2. The van der Waals surface area contributed by atoms with E-state index in [1.807, 2.05) is 29.1 Å². The molecule has 0 saturated carbocycles. The fraction of sp³-hybridized carbons (Fsp3) is 0.318. The van der Waals surface area contributed by atoms with Crippen LogP contribution in [0.3, 0.4) is 0 Å². The molecule has 1 saturated heterocycles. The third kappa shape index (κ3) is 3.57. The fourth-order valence-corrected chi connectivity index (χ4v) is 4.73. The van der Waals surface area contributed by atoms with Crippen molar-refractivity contribution in [1.82, 2.24) is 24.4 Å². The molecule has 0 radical (unpaired) electrons. The zero-order valence-corrected chi connectivity index (χ0v) is 17.4. The van der Waals surface area contributed by atoms with Crippen molar-refractivity contribution in [3.05, 3.63) is 59.1 Å². The van der Waals surface area contributed by atoms with Crippen LogP contribution in [0.1, 0.15) is 16.3 Å². The average molecular weight is 406 g/mol. The second-order valence-corrected chi connectivity index (χ2v) is 8.55. The lowest BCUT2D eigenvalue weighted by atomic mass is 10.2. The molecule has 3 aromatic heterocycles. The number of nitrogens with zero attached hydrogens (tertiary/aromatic N) is 5. The van der Waals surface area contributed by atoms with Crippen LogP contribution < -0.4 is 0 Å². The Labute approximate surface area is 173 Å². The van der Waals surface area contributed by atoms with E-state index < -0.39 is 0 Å². The number of benzene rings is 1. The van der Waals surface area contributed by atoms with Gasteiger partial charge in [-0.25, -0.2) is 15.0 Å². The highest BCUT2D eigenvalue weighted by Gasteiger charge is 2.19. The molecule has 0 bridgehead atoms. The van der Waals surface area contributed by atoms with Gasteiger partial charge in [-0.2, -0.15) is 0 Å². The molecule has 1 aliphatic rings. The topological polar surface area (TPSA) is 56.1 Å². The summed E-state index contributed by atoms with van der Waals surface area (Å²) in [5.74, 6) is 1.76. The molecule has 1 aliphatic heterocycles. The predicted octanol–water partition coefficient (Wildman–Crippen LogP) is 3.99. The molecule has 1 fully saturated rings. The minimum atomic E-state index is 0.739. The van der Waals surface area contributed by atoms with Crippen LogP contribution in [0.15, 0.2) is 42.9 Å². The predicted molar refractivity (Wildman–Crippen MR) is 116 cm³/mol. The van der Waals surface area contributed by atoms with E-state index in [1.54, 1.807) is 11.3 Å². The van der Waals surface area contributed by atoms with Crippen molar-refractivity contribution in [1.29, 1.82) is 0 Å². The molecule has 5 rings (SSSR count). The Morgan fingerprint density at radius 3 is 2.66 bits per heavy atom. The van der Waals surface area contributed by atoms with E-state index in [-0.39, 0.29) is 0 Å². The van der Waals surface area contributed by atoms with E-state index >= 15 is 0 Å². The van der Waals surface area contributed by atoms with Crippen LogP contribution in [0.5, 0.6) is 0 Å². The summed E-state index contributed by atoms with van der Waals surface area (Å²) in [5, 5.41) is 1.12. The van der Waals surface area contributed by atoms with Crippen LogP contribution in [-0.2, 0) is 11.3 Å². The van der Waals surface area contributed by atoms with Crippen molar-refractivity contribution in [3.63, 3.8) is 0 Å². The third-order valence-electron chi connectivity index (χ3n) is 5.42. The molecule has 29 heavy (non-hydrogen) atoms. The van der Waals surface area contributed by atoms with Gasteiger partial charge in [-0.15, -0.1) is 11.3 Å². The Hall–Kier alpha value is -2.61. The highest BCUT2D eigenvalue weighted by Crippen LogP contribution is 2.33. The molecule has 0 N–H and O–H groups in total. The van der Waals surface area contributed by atoms with Crippen LogP contribution in [0.2, 0.25) is 0 Å². The Balaban J connectivity index is 1.59. The molecule has 0 atom stereocenters. The Bertz CT molecular complexity index is 1140. The van der Waals surface area contributed by atoms with Crippen molar-refractivity contribution in [2.45, 2.75) is 20.4 Å². The van der Waals surface area contributed by atoms with Crippen molar-refractivity contribution >= 4 is 21.6 Å². The molecule has 0 spiro atoms. The molecule has 6 nitrogen and oxygen atoms in total. The number of imidazole rings is 1. The Kier molecular flexibility index (Phi) is 4.87. The molecule has 0 unspecified atom stereocenters. The van der Waals surface area contributed by atoms with Gasteiger partial charge in [0.2, 0.25) is 0 Å². The Morgan fingerprint density at radius 1 is 1.07 bits per heavy atom. The number of morpholine rings is 1. The molecule has 0 amide bonds. The maximum absolute atomic E-state index is 5.47. The number of thiophene rings is 1. The summed E-state index contributed by atoms with van der Waals surface area (Å²) in [5.41, 5.74) is 3.29. The van der Waals surface area contributed by atoms with Crippen LogP contribution >= 0.6 is 11.3 Å². The first kappa shape index (κ1) is 18.4. The average Bonchev–Trinajstić information content (AvgIpc) is 3.34. The quantitative estimate of drug-likeness (QED) is 0.514. The minimum Gasteiger partial charge on any atom is -0.379 e. The maximum Gasteiger partial charge on any atom is 0.150 e. The summed E-state index contributed by atoms with van der Waals surface area (Å²) in [6.07, 6.45) is 3.91. The monoisotopic (exact) mass is 405 g/mol. The van der Waals surface area contributed by atoms with Gasteiger partial charge in [0.25, 0.3) is 0 Å². The van der Waals surface area contributed by atoms with Crippen molar-refractivity contribution in [2.24, 2.45) is 0 Å². The van der Waals surface area contributed by atoms with E-state index in [9.17, 15) is 0 Å². The molecule has 4 heterocycles. The molecule has 4 aromatic rings. The van der Waals surface area contributed by atoms with Gasteiger partial charge in [-0.1, -0.05) is 30.3 Å². The molecular formula is C22H23N5OS. The lowest BCUT2D eigenvalue weighted by Gasteiger charge is -2.25. The van der Waals surface area contributed by atoms with Crippen LogP contribution in [0.4, 0.5) is 0 Å². The van der Waals surface area contributed by atoms with Crippen molar-refractivity contribution in [2.75, 3.05) is 26.3 Å². The van der Waals surface area contributed by atoms with Crippen LogP contribution in [-0.4, -0.2) is 50.7 Å². The second kappa shape index (κ2) is 7.67. The van der Waals surface area contributed by atoms with Gasteiger partial charge in [0.1, 0.15) is 17.0 Å². The normalized spacial score (nSPS) is 15.2.